The lowest BCUT2D eigenvalue weighted by Crippen LogP contribution is -2.25. The van der Waals surface area contributed by atoms with Gasteiger partial charge in [0.15, 0.2) is 0 Å². The molecule has 0 aromatic heterocycles. The van der Waals surface area contributed by atoms with Crippen molar-refractivity contribution in [1.82, 2.24) is 0 Å². The van der Waals surface area contributed by atoms with Gasteiger partial charge in [-0.15, -0.1) is 0 Å². The maximum absolute atomic E-state index is 10.1. The van der Waals surface area contributed by atoms with Crippen LogP contribution in [0, 0.1) is 13.8 Å². The second-order valence-corrected chi connectivity index (χ2v) is 5.46. The van der Waals surface area contributed by atoms with Crippen LogP contribution < -0.4 is 0 Å². The Morgan fingerprint density at radius 1 is 1.26 bits per heavy atom. The molecule has 1 fully saturated rings. The first-order chi connectivity index (χ1) is 9.15. The van der Waals surface area contributed by atoms with Gasteiger partial charge in [0.25, 0.3) is 0 Å². The minimum absolute atomic E-state index is 0.209. The molecule has 1 saturated heterocycles. The van der Waals surface area contributed by atoms with Crippen LogP contribution in [0.15, 0.2) is 18.2 Å². The van der Waals surface area contributed by atoms with E-state index in [4.69, 9.17) is 9.47 Å². The molecule has 1 aliphatic heterocycles. The highest BCUT2D eigenvalue weighted by Gasteiger charge is 2.15. The quantitative estimate of drug-likeness (QED) is 0.888. The zero-order valence-electron chi connectivity index (χ0n) is 11.9. The lowest BCUT2D eigenvalue weighted by Gasteiger charge is -2.23. The number of benzene rings is 1. The van der Waals surface area contributed by atoms with E-state index in [0.29, 0.717) is 13.2 Å². The fourth-order valence-corrected chi connectivity index (χ4v) is 2.55. The smallest absolute Gasteiger partial charge is 0.102 e. The lowest BCUT2D eigenvalue weighted by atomic mass is 10.0. The first-order valence-electron chi connectivity index (χ1n) is 7.11. The number of aryl methyl sites for hydroxylation is 2. The Bertz CT molecular complexity index is 377. The molecule has 3 nitrogen and oxygen atoms in total. The van der Waals surface area contributed by atoms with Crippen molar-refractivity contribution in [3.05, 3.63) is 34.9 Å². The molecule has 1 N–H and O–H groups in total. The van der Waals surface area contributed by atoms with Crippen LogP contribution in [0.25, 0.3) is 0 Å². The maximum atomic E-state index is 10.1. The largest absolute Gasteiger partial charge is 0.386 e. The fraction of sp³-hybridized carbons (Fsp3) is 0.625. The summed E-state index contributed by atoms with van der Waals surface area (Å²) in [7, 11) is 0. The summed E-state index contributed by atoms with van der Waals surface area (Å²) in [6.45, 7) is 5.85. The van der Waals surface area contributed by atoms with Crippen LogP contribution in [0.3, 0.4) is 0 Å². The molecule has 1 heterocycles. The summed E-state index contributed by atoms with van der Waals surface area (Å²) in [5, 5.41) is 10.1. The third-order valence-electron chi connectivity index (χ3n) is 3.48. The minimum Gasteiger partial charge on any atom is -0.386 e. The molecule has 0 saturated carbocycles. The van der Waals surface area contributed by atoms with Gasteiger partial charge < -0.3 is 14.6 Å². The molecule has 2 rings (SSSR count). The zero-order chi connectivity index (χ0) is 13.7. The van der Waals surface area contributed by atoms with Crippen molar-refractivity contribution in [3.63, 3.8) is 0 Å². The Labute approximate surface area is 115 Å². The highest BCUT2D eigenvalue weighted by Crippen LogP contribution is 2.18. The van der Waals surface area contributed by atoms with Crippen molar-refractivity contribution in [2.24, 2.45) is 0 Å². The second-order valence-electron chi connectivity index (χ2n) is 5.46. The number of aliphatic hydroxyl groups is 1. The van der Waals surface area contributed by atoms with Gasteiger partial charge in [-0.3, -0.25) is 0 Å². The minimum atomic E-state index is -0.554. The van der Waals surface area contributed by atoms with E-state index >= 15 is 0 Å². The van der Waals surface area contributed by atoms with E-state index in [1.165, 1.54) is 17.5 Å². The van der Waals surface area contributed by atoms with Crippen LogP contribution in [0.1, 0.15) is 42.1 Å². The molecular formula is C16H24O3. The van der Waals surface area contributed by atoms with E-state index in [0.717, 1.165) is 25.0 Å². The standard InChI is InChI=1S/C16H24O3/c1-12-7-13(2)9-14(8-12)16(17)11-18-10-15-5-3-4-6-19-15/h7-9,15-17H,3-6,10-11H2,1-2H3. The second kappa shape index (κ2) is 7.04. The fourth-order valence-electron chi connectivity index (χ4n) is 2.55. The van der Waals surface area contributed by atoms with E-state index in [1.54, 1.807) is 0 Å². The van der Waals surface area contributed by atoms with Crippen molar-refractivity contribution in [3.8, 4) is 0 Å². The molecule has 2 unspecified atom stereocenters. The third kappa shape index (κ3) is 4.60. The van der Waals surface area contributed by atoms with Gasteiger partial charge in [-0.1, -0.05) is 29.3 Å². The van der Waals surface area contributed by atoms with Crippen molar-refractivity contribution in [1.29, 1.82) is 0 Å². The van der Waals surface area contributed by atoms with E-state index in [9.17, 15) is 5.11 Å². The third-order valence-corrected chi connectivity index (χ3v) is 3.48. The van der Waals surface area contributed by atoms with Gasteiger partial charge in [0.05, 0.1) is 19.3 Å². The molecular weight excluding hydrogens is 240 g/mol. The Morgan fingerprint density at radius 2 is 2.00 bits per heavy atom. The van der Waals surface area contributed by atoms with Gasteiger partial charge in [0.1, 0.15) is 6.10 Å². The van der Waals surface area contributed by atoms with Crippen molar-refractivity contribution in [2.75, 3.05) is 19.8 Å². The molecule has 0 radical (unpaired) electrons. The zero-order valence-corrected chi connectivity index (χ0v) is 11.9. The summed E-state index contributed by atoms with van der Waals surface area (Å²) >= 11 is 0. The van der Waals surface area contributed by atoms with Crippen LogP contribution >= 0.6 is 0 Å². The number of hydrogen-bond acceptors (Lipinski definition) is 3. The van der Waals surface area contributed by atoms with Crippen LogP contribution in [0.2, 0.25) is 0 Å². The topological polar surface area (TPSA) is 38.7 Å². The van der Waals surface area contributed by atoms with Gasteiger partial charge in [0.2, 0.25) is 0 Å². The predicted molar refractivity (Wildman–Crippen MR) is 75.3 cm³/mol. The first-order valence-corrected chi connectivity index (χ1v) is 7.11. The maximum Gasteiger partial charge on any atom is 0.102 e. The summed E-state index contributed by atoms with van der Waals surface area (Å²) in [4.78, 5) is 0. The van der Waals surface area contributed by atoms with E-state index < -0.39 is 6.10 Å². The molecule has 1 aromatic carbocycles. The molecule has 19 heavy (non-hydrogen) atoms. The number of rotatable bonds is 5. The van der Waals surface area contributed by atoms with E-state index in [-0.39, 0.29) is 6.10 Å². The molecule has 2 atom stereocenters. The van der Waals surface area contributed by atoms with Crippen LogP contribution in [-0.4, -0.2) is 31.0 Å². The van der Waals surface area contributed by atoms with Gasteiger partial charge in [-0.25, -0.2) is 0 Å². The molecule has 106 valence electrons. The first kappa shape index (κ1) is 14.5. The summed E-state index contributed by atoms with van der Waals surface area (Å²) < 4.78 is 11.2. The number of aliphatic hydroxyl groups excluding tert-OH is 1. The summed E-state index contributed by atoms with van der Waals surface area (Å²) in [6, 6.07) is 6.13. The molecule has 1 aromatic rings. The van der Waals surface area contributed by atoms with Gasteiger partial charge in [-0.2, -0.15) is 0 Å². The normalized spacial score (nSPS) is 21.3. The Hall–Kier alpha value is -0.900. The van der Waals surface area contributed by atoms with Crippen molar-refractivity contribution in [2.45, 2.75) is 45.3 Å². The van der Waals surface area contributed by atoms with Crippen LogP contribution in [-0.2, 0) is 9.47 Å². The van der Waals surface area contributed by atoms with Gasteiger partial charge in [-0.05, 0) is 38.7 Å². The Balaban J connectivity index is 1.78. The van der Waals surface area contributed by atoms with E-state index in [1.807, 2.05) is 26.0 Å². The highest BCUT2D eigenvalue weighted by molar-refractivity contribution is 5.29. The summed E-state index contributed by atoms with van der Waals surface area (Å²) in [5.74, 6) is 0. The summed E-state index contributed by atoms with van der Waals surface area (Å²) in [5.41, 5.74) is 3.27. The Kier molecular flexibility index (Phi) is 5.37. The monoisotopic (exact) mass is 264 g/mol. The van der Waals surface area contributed by atoms with Crippen molar-refractivity contribution < 1.29 is 14.6 Å². The highest BCUT2D eigenvalue weighted by atomic mass is 16.5. The van der Waals surface area contributed by atoms with E-state index in [2.05, 4.69) is 6.07 Å². The molecule has 0 amide bonds. The number of ether oxygens (including phenoxy) is 2. The van der Waals surface area contributed by atoms with Crippen LogP contribution in [0.5, 0.6) is 0 Å². The molecule has 0 aliphatic carbocycles. The van der Waals surface area contributed by atoms with Gasteiger partial charge >= 0.3 is 0 Å². The van der Waals surface area contributed by atoms with Crippen LogP contribution in [0.4, 0.5) is 0 Å². The average molecular weight is 264 g/mol. The molecule has 0 spiro atoms. The average Bonchev–Trinajstić information content (AvgIpc) is 2.38. The van der Waals surface area contributed by atoms with Crippen molar-refractivity contribution >= 4 is 0 Å². The molecule has 3 heteroatoms. The Morgan fingerprint density at radius 3 is 2.63 bits per heavy atom. The number of hydrogen-bond donors (Lipinski definition) is 1. The summed E-state index contributed by atoms with van der Waals surface area (Å²) in [6.07, 6.45) is 3.09. The molecule has 0 bridgehead atoms. The molecule has 1 aliphatic rings. The van der Waals surface area contributed by atoms with Gasteiger partial charge in [0, 0.05) is 6.61 Å². The SMILES string of the molecule is Cc1cc(C)cc(C(O)COCC2CCCCO2)c1. The lowest BCUT2D eigenvalue weighted by molar-refractivity contribution is -0.0574. The predicted octanol–water partition coefficient (Wildman–Crippen LogP) is 2.92.